The van der Waals surface area contributed by atoms with Crippen LogP contribution in [0.1, 0.15) is 37.3 Å². The molecule has 6 heteroatoms. The fourth-order valence-electron chi connectivity index (χ4n) is 3.11. The van der Waals surface area contributed by atoms with Gasteiger partial charge in [-0.3, -0.25) is 0 Å². The molecule has 1 atom stereocenters. The number of hydrogen-bond donors (Lipinski definition) is 0. The summed E-state index contributed by atoms with van der Waals surface area (Å²) in [6.07, 6.45) is 1.79. The average Bonchev–Trinajstić information content (AvgIpc) is 2.71. The van der Waals surface area contributed by atoms with Gasteiger partial charge < -0.3 is 9.47 Å². The number of amides is 2. The Balaban J connectivity index is 1.57. The van der Waals surface area contributed by atoms with Crippen LogP contribution in [0.25, 0.3) is 0 Å². The molecule has 2 aromatic rings. The van der Waals surface area contributed by atoms with E-state index in [1.807, 2.05) is 60.7 Å². The van der Waals surface area contributed by atoms with E-state index in [1.165, 1.54) is 10.0 Å². The SMILES string of the molecule is CCCCC1CN(C(=O)OCc2ccccc2)N1C(=O)OCc1ccccc1. The van der Waals surface area contributed by atoms with Gasteiger partial charge in [0.25, 0.3) is 0 Å². The molecule has 0 spiro atoms. The Morgan fingerprint density at radius 2 is 1.43 bits per heavy atom. The van der Waals surface area contributed by atoms with Crippen molar-refractivity contribution in [1.82, 2.24) is 10.0 Å². The first-order valence-corrected chi connectivity index (χ1v) is 9.67. The zero-order valence-corrected chi connectivity index (χ0v) is 16.1. The van der Waals surface area contributed by atoms with E-state index < -0.39 is 12.2 Å². The number of rotatable bonds is 7. The lowest BCUT2D eigenvalue weighted by Gasteiger charge is -2.48. The lowest BCUT2D eigenvalue weighted by molar-refractivity contribution is -0.125. The highest BCUT2D eigenvalue weighted by atomic mass is 16.6. The predicted octanol–water partition coefficient (Wildman–Crippen LogP) is 4.75. The number of hydrogen-bond acceptors (Lipinski definition) is 4. The van der Waals surface area contributed by atoms with E-state index >= 15 is 0 Å². The molecule has 1 heterocycles. The number of unbranched alkanes of at least 4 members (excludes halogenated alkanes) is 1. The first-order chi connectivity index (χ1) is 13.7. The molecule has 0 N–H and O–H groups in total. The zero-order valence-electron chi connectivity index (χ0n) is 16.1. The molecule has 0 radical (unpaired) electrons. The van der Waals surface area contributed by atoms with Crippen molar-refractivity contribution in [3.63, 3.8) is 0 Å². The molecule has 0 bridgehead atoms. The van der Waals surface area contributed by atoms with Gasteiger partial charge in [-0.15, -0.1) is 0 Å². The summed E-state index contributed by atoms with van der Waals surface area (Å²) in [6.45, 7) is 2.91. The Morgan fingerprint density at radius 3 is 1.96 bits per heavy atom. The van der Waals surface area contributed by atoms with Gasteiger partial charge in [0.15, 0.2) is 0 Å². The Kier molecular flexibility index (Phi) is 6.89. The van der Waals surface area contributed by atoms with Crippen LogP contribution in [0.3, 0.4) is 0 Å². The summed E-state index contributed by atoms with van der Waals surface area (Å²) in [6, 6.07) is 18.9. The highest BCUT2D eigenvalue weighted by Gasteiger charge is 2.44. The number of carbonyl (C=O) groups is 2. The van der Waals surface area contributed by atoms with Gasteiger partial charge in [-0.1, -0.05) is 80.4 Å². The van der Waals surface area contributed by atoms with Gasteiger partial charge in [0.1, 0.15) is 13.2 Å². The second-order valence-electron chi connectivity index (χ2n) is 6.80. The molecule has 1 aliphatic heterocycles. The second kappa shape index (κ2) is 9.78. The van der Waals surface area contributed by atoms with Crippen LogP contribution in [-0.2, 0) is 22.7 Å². The third kappa shape index (κ3) is 5.03. The van der Waals surface area contributed by atoms with Crippen molar-refractivity contribution in [2.75, 3.05) is 6.54 Å². The highest BCUT2D eigenvalue weighted by Crippen LogP contribution is 2.26. The van der Waals surface area contributed by atoms with Gasteiger partial charge in [-0.05, 0) is 17.5 Å². The quantitative estimate of drug-likeness (QED) is 0.693. The molecule has 1 fully saturated rings. The van der Waals surface area contributed by atoms with E-state index in [-0.39, 0.29) is 19.3 Å². The second-order valence-corrected chi connectivity index (χ2v) is 6.80. The summed E-state index contributed by atoms with van der Waals surface area (Å²) in [7, 11) is 0. The molecule has 148 valence electrons. The summed E-state index contributed by atoms with van der Waals surface area (Å²) in [4.78, 5) is 25.1. The fraction of sp³-hybridized carbons (Fsp3) is 0.364. The van der Waals surface area contributed by atoms with Gasteiger partial charge in [0.2, 0.25) is 0 Å². The van der Waals surface area contributed by atoms with Crippen LogP contribution in [0.2, 0.25) is 0 Å². The van der Waals surface area contributed by atoms with Crippen LogP contribution in [-0.4, -0.2) is 34.8 Å². The molecular weight excluding hydrogens is 356 g/mol. The normalized spacial score (nSPS) is 15.7. The van der Waals surface area contributed by atoms with Crippen molar-refractivity contribution in [3.8, 4) is 0 Å². The maximum Gasteiger partial charge on any atom is 0.429 e. The van der Waals surface area contributed by atoms with E-state index in [4.69, 9.17) is 9.47 Å². The van der Waals surface area contributed by atoms with E-state index in [0.717, 1.165) is 30.4 Å². The topological polar surface area (TPSA) is 59.1 Å². The van der Waals surface area contributed by atoms with Crippen molar-refractivity contribution in [2.45, 2.75) is 45.4 Å². The van der Waals surface area contributed by atoms with Crippen LogP contribution in [0.4, 0.5) is 9.59 Å². The smallest absolute Gasteiger partial charge is 0.429 e. The lowest BCUT2D eigenvalue weighted by Crippen LogP contribution is -2.68. The highest BCUT2D eigenvalue weighted by molar-refractivity contribution is 5.76. The fourth-order valence-corrected chi connectivity index (χ4v) is 3.11. The molecule has 2 amide bonds. The summed E-state index contributed by atoms with van der Waals surface area (Å²) < 4.78 is 10.8. The lowest BCUT2D eigenvalue weighted by atomic mass is 10.1. The van der Waals surface area contributed by atoms with Gasteiger partial charge in [0.05, 0.1) is 12.6 Å². The average molecular weight is 382 g/mol. The Labute approximate surface area is 165 Å². The van der Waals surface area contributed by atoms with E-state index in [1.54, 1.807) is 0 Å². The summed E-state index contributed by atoms with van der Waals surface area (Å²) >= 11 is 0. The monoisotopic (exact) mass is 382 g/mol. The molecule has 6 nitrogen and oxygen atoms in total. The van der Waals surface area contributed by atoms with Crippen molar-refractivity contribution in [2.24, 2.45) is 0 Å². The number of carbonyl (C=O) groups excluding carboxylic acids is 2. The van der Waals surface area contributed by atoms with Crippen LogP contribution in [0.15, 0.2) is 60.7 Å². The number of hydrazine groups is 1. The van der Waals surface area contributed by atoms with E-state index in [2.05, 4.69) is 6.92 Å². The summed E-state index contributed by atoms with van der Waals surface area (Å²) in [5.74, 6) is 0. The van der Waals surface area contributed by atoms with Crippen LogP contribution in [0.5, 0.6) is 0 Å². The van der Waals surface area contributed by atoms with Crippen LogP contribution < -0.4 is 0 Å². The number of benzene rings is 2. The van der Waals surface area contributed by atoms with Crippen molar-refractivity contribution < 1.29 is 19.1 Å². The van der Waals surface area contributed by atoms with Gasteiger partial charge in [-0.25, -0.2) is 19.6 Å². The summed E-state index contributed by atoms with van der Waals surface area (Å²) in [5, 5.41) is 2.72. The molecule has 1 saturated heterocycles. The van der Waals surface area contributed by atoms with Gasteiger partial charge in [0, 0.05) is 0 Å². The van der Waals surface area contributed by atoms with E-state index in [9.17, 15) is 9.59 Å². The van der Waals surface area contributed by atoms with Crippen molar-refractivity contribution >= 4 is 12.2 Å². The van der Waals surface area contributed by atoms with Crippen molar-refractivity contribution in [3.05, 3.63) is 71.8 Å². The Bertz CT molecular complexity index is 767. The number of nitrogens with zero attached hydrogens (tertiary/aromatic N) is 2. The first kappa shape index (κ1) is 19.7. The van der Waals surface area contributed by atoms with Crippen LogP contribution >= 0.6 is 0 Å². The van der Waals surface area contributed by atoms with Gasteiger partial charge in [-0.2, -0.15) is 0 Å². The molecule has 3 rings (SSSR count). The molecular formula is C22H26N2O4. The third-order valence-electron chi connectivity index (χ3n) is 4.69. The molecule has 1 aliphatic rings. The van der Waals surface area contributed by atoms with Crippen LogP contribution in [0, 0.1) is 0 Å². The van der Waals surface area contributed by atoms with Crippen molar-refractivity contribution in [1.29, 1.82) is 0 Å². The minimum absolute atomic E-state index is 0.0347. The Morgan fingerprint density at radius 1 is 0.893 bits per heavy atom. The predicted molar refractivity (Wildman–Crippen MR) is 105 cm³/mol. The maximum atomic E-state index is 12.6. The molecule has 2 aromatic carbocycles. The molecule has 0 saturated carbocycles. The minimum Gasteiger partial charge on any atom is -0.443 e. The van der Waals surface area contributed by atoms with E-state index in [0.29, 0.717) is 6.54 Å². The Hall–Kier alpha value is -3.02. The largest absolute Gasteiger partial charge is 0.443 e. The molecule has 0 aliphatic carbocycles. The van der Waals surface area contributed by atoms with Gasteiger partial charge >= 0.3 is 12.2 Å². The third-order valence-corrected chi connectivity index (χ3v) is 4.69. The molecule has 0 aromatic heterocycles. The molecule has 1 unspecified atom stereocenters. The number of ether oxygens (including phenoxy) is 2. The zero-order chi connectivity index (χ0) is 19.8. The molecule has 28 heavy (non-hydrogen) atoms. The minimum atomic E-state index is -0.534. The first-order valence-electron chi connectivity index (χ1n) is 9.67. The standard InChI is InChI=1S/C22H26N2O4/c1-2-3-14-20-15-23(21(25)27-16-18-10-6-4-7-11-18)24(20)22(26)28-17-19-12-8-5-9-13-19/h4-13,20H,2-3,14-17H2,1H3. The maximum absolute atomic E-state index is 12.6. The summed E-state index contributed by atoms with van der Waals surface area (Å²) in [5.41, 5.74) is 1.80.